The highest BCUT2D eigenvalue weighted by atomic mass is 16.3. The van der Waals surface area contributed by atoms with E-state index in [1.165, 1.54) is 5.56 Å². The van der Waals surface area contributed by atoms with E-state index in [0.29, 0.717) is 11.8 Å². The average molecular weight is 340 g/mol. The molecule has 0 spiro atoms. The fourth-order valence-electron chi connectivity index (χ4n) is 2.95. The maximum atomic E-state index is 11.0. The lowest BCUT2D eigenvalue weighted by atomic mass is 10.0. The predicted molar refractivity (Wildman–Crippen MR) is 102 cm³/mol. The van der Waals surface area contributed by atoms with Gasteiger partial charge in [0.1, 0.15) is 5.75 Å². The molecule has 0 aromatic heterocycles. The monoisotopic (exact) mass is 340 g/mol. The van der Waals surface area contributed by atoms with Crippen molar-refractivity contribution in [2.24, 2.45) is 0 Å². The first-order chi connectivity index (χ1) is 12.1. The van der Waals surface area contributed by atoms with E-state index in [9.17, 15) is 4.79 Å². The third kappa shape index (κ3) is 7.86. The molecule has 0 bridgehead atoms. The van der Waals surface area contributed by atoms with Gasteiger partial charge in [-0.15, -0.1) is 0 Å². The highest BCUT2D eigenvalue weighted by Gasteiger charge is 2.19. The molecule has 1 saturated heterocycles. The number of benzene rings is 2. The number of para-hydroxylation sites is 1. The molecule has 134 valence electrons. The summed E-state index contributed by atoms with van der Waals surface area (Å²) in [4.78, 5) is 13.5. The highest BCUT2D eigenvalue weighted by Crippen LogP contribution is 2.11. The van der Waals surface area contributed by atoms with Crippen LogP contribution in [0.5, 0.6) is 5.75 Å². The minimum absolute atomic E-state index is 0.0951. The number of nitrogens with one attached hydrogen (secondary N) is 1. The van der Waals surface area contributed by atoms with Gasteiger partial charge in [0.15, 0.2) is 0 Å². The van der Waals surface area contributed by atoms with E-state index in [2.05, 4.69) is 40.5 Å². The van der Waals surface area contributed by atoms with Crippen molar-refractivity contribution in [1.29, 1.82) is 0 Å². The largest absolute Gasteiger partial charge is 0.508 e. The normalized spacial score (nSPS) is 15.1. The first kappa shape index (κ1) is 19.0. The van der Waals surface area contributed by atoms with Gasteiger partial charge in [-0.25, -0.2) is 0 Å². The Kier molecular flexibility index (Phi) is 7.99. The minimum Gasteiger partial charge on any atom is -0.508 e. The van der Waals surface area contributed by atoms with Gasteiger partial charge in [-0.1, -0.05) is 48.5 Å². The van der Waals surface area contributed by atoms with Gasteiger partial charge in [0.25, 0.3) is 0 Å². The maximum Gasteiger partial charge on any atom is 0.217 e. The van der Waals surface area contributed by atoms with Crippen LogP contribution in [0.3, 0.4) is 0 Å². The second-order valence-electron chi connectivity index (χ2n) is 6.39. The van der Waals surface area contributed by atoms with E-state index < -0.39 is 0 Å². The van der Waals surface area contributed by atoms with Crippen LogP contribution in [0.25, 0.3) is 0 Å². The zero-order chi connectivity index (χ0) is 17.9. The van der Waals surface area contributed by atoms with Crippen LogP contribution in [0.2, 0.25) is 0 Å². The number of likely N-dealkylation sites (tertiary alicyclic amines) is 1. The van der Waals surface area contributed by atoms with Gasteiger partial charge in [0, 0.05) is 32.6 Å². The fraction of sp³-hybridized carbons (Fsp3) is 0.381. The van der Waals surface area contributed by atoms with Crippen LogP contribution in [-0.2, 0) is 11.2 Å². The molecule has 2 aromatic rings. The molecule has 4 nitrogen and oxygen atoms in total. The van der Waals surface area contributed by atoms with Gasteiger partial charge in [-0.3, -0.25) is 4.79 Å². The van der Waals surface area contributed by atoms with Gasteiger partial charge in [-0.05, 0) is 37.0 Å². The van der Waals surface area contributed by atoms with Gasteiger partial charge in [0.05, 0.1) is 0 Å². The number of nitrogens with zero attached hydrogens (tertiary/aromatic N) is 1. The standard InChI is InChI=1S/C15H22N2O.C6H6O/c1-13(18)16-15-8-11-17(12-9-15)10-7-14-5-3-2-4-6-14;7-6-4-2-1-3-5-6/h2-6,15H,7-12H2,1H3,(H,16,18);1-5,7H. The van der Waals surface area contributed by atoms with Crippen LogP contribution in [0.15, 0.2) is 60.7 Å². The van der Waals surface area contributed by atoms with E-state index in [1.807, 2.05) is 6.07 Å². The van der Waals surface area contributed by atoms with E-state index in [4.69, 9.17) is 5.11 Å². The van der Waals surface area contributed by atoms with Gasteiger partial charge in [0.2, 0.25) is 5.91 Å². The second-order valence-corrected chi connectivity index (χ2v) is 6.39. The maximum absolute atomic E-state index is 11.0. The summed E-state index contributed by atoms with van der Waals surface area (Å²) in [6, 6.07) is 19.7. The zero-order valence-electron chi connectivity index (χ0n) is 14.9. The first-order valence-corrected chi connectivity index (χ1v) is 8.91. The molecule has 0 saturated carbocycles. The molecular weight excluding hydrogens is 312 g/mol. The summed E-state index contributed by atoms with van der Waals surface area (Å²) in [6.07, 6.45) is 3.27. The van der Waals surface area contributed by atoms with Gasteiger partial charge < -0.3 is 15.3 Å². The summed E-state index contributed by atoms with van der Waals surface area (Å²) < 4.78 is 0. The molecule has 4 heteroatoms. The smallest absolute Gasteiger partial charge is 0.217 e. The number of carbonyl (C=O) groups is 1. The topological polar surface area (TPSA) is 52.6 Å². The summed E-state index contributed by atoms with van der Waals surface area (Å²) in [6.45, 7) is 4.91. The van der Waals surface area contributed by atoms with Crippen molar-refractivity contribution < 1.29 is 9.90 Å². The molecule has 1 fully saturated rings. The summed E-state index contributed by atoms with van der Waals surface area (Å²) in [7, 11) is 0. The fourth-order valence-corrected chi connectivity index (χ4v) is 2.95. The summed E-state index contributed by atoms with van der Waals surface area (Å²) in [5, 5.41) is 11.6. The van der Waals surface area contributed by atoms with Crippen molar-refractivity contribution >= 4 is 5.91 Å². The Morgan fingerprint density at radius 1 is 1.04 bits per heavy atom. The second kappa shape index (κ2) is 10.5. The molecule has 0 aliphatic carbocycles. The Morgan fingerprint density at radius 2 is 1.60 bits per heavy atom. The van der Waals surface area contributed by atoms with Crippen molar-refractivity contribution in [3.8, 4) is 5.75 Å². The Balaban J connectivity index is 0.000000269. The van der Waals surface area contributed by atoms with Crippen LogP contribution in [0.1, 0.15) is 25.3 Å². The van der Waals surface area contributed by atoms with Crippen LogP contribution in [0.4, 0.5) is 0 Å². The lowest BCUT2D eigenvalue weighted by Gasteiger charge is -2.32. The van der Waals surface area contributed by atoms with E-state index in [1.54, 1.807) is 31.2 Å². The van der Waals surface area contributed by atoms with Gasteiger partial charge >= 0.3 is 0 Å². The quantitative estimate of drug-likeness (QED) is 0.898. The zero-order valence-corrected chi connectivity index (χ0v) is 14.9. The number of piperidine rings is 1. The molecule has 1 aliphatic heterocycles. The molecule has 1 amide bonds. The number of hydrogen-bond donors (Lipinski definition) is 2. The minimum atomic E-state index is 0.0951. The molecule has 3 rings (SSSR count). The lowest BCUT2D eigenvalue weighted by molar-refractivity contribution is -0.119. The van der Waals surface area contributed by atoms with Crippen LogP contribution in [-0.4, -0.2) is 41.6 Å². The number of phenols is 1. The van der Waals surface area contributed by atoms with Crippen molar-refractivity contribution in [2.45, 2.75) is 32.2 Å². The van der Waals surface area contributed by atoms with Crippen molar-refractivity contribution in [2.75, 3.05) is 19.6 Å². The first-order valence-electron chi connectivity index (χ1n) is 8.91. The predicted octanol–water partition coefficient (Wildman–Crippen LogP) is 3.22. The highest BCUT2D eigenvalue weighted by molar-refractivity contribution is 5.73. The number of aromatic hydroxyl groups is 1. The van der Waals surface area contributed by atoms with Crippen molar-refractivity contribution in [3.63, 3.8) is 0 Å². The average Bonchev–Trinajstić information content (AvgIpc) is 2.63. The number of amides is 1. The summed E-state index contributed by atoms with van der Waals surface area (Å²) >= 11 is 0. The van der Waals surface area contributed by atoms with E-state index in [0.717, 1.165) is 38.9 Å². The third-order valence-electron chi connectivity index (χ3n) is 4.31. The van der Waals surface area contributed by atoms with Crippen LogP contribution < -0.4 is 5.32 Å². The number of rotatable bonds is 4. The number of carbonyl (C=O) groups excluding carboxylic acids is 1. The van der Waals surface area contributed by atoms with Gasteiger partial charge in [-0.2, -0.15) is 0 Å². The molecule has 1 aliphatic rings. The van der Waals surface area contributed by atoms with Crippen LogP contribution >= 0.6 is 0 Å². The van der Waals surface area contributed by atoms with Crippen molar-refractivity contribution in [1.82, 2.24) is 10.2 Å². The molecule has 0 unspecified atom stereocenters. The molecule has 2 N–H and O–H groups in total. The van der Waals surface area contributed by atoms with Crippen molar-refractivity contribution in [3.05, 3.63) is 66.2 Å². The Morgan fingerprint density at radius 3 is 2.08 bits per heavy atom. The number of hydrogen-bond acceptors (Lipinski definition) is 3. The molecule has 1 heterocycles. The van der Waals surface area contributed by atoms with E-state index in [-0.39, 0.29) is 5.91 Å². The number of phenolic OH excluding ortho intramolecular Hbond substituents is 1. The van der Waals surface area contributed by atoms with Crippen LogP contribution in [0, 0.1) is 0 Å². The van der Waals surface area contributed by atoms with E-state index >= 15 is 0 Å². The molecular formula is C21H28N2O2. The third-order valence-corrected chi connectivity index (χ3v) is 4.31. The molecule has 0 atom stereocenters. The SMILES string of the molecule is CC(=O)NC1CCN(CCc2ccccc2)CC1.Oc1ccccc1. The Labute approximate surface area is 150 Å². The molecule has 2 aromatic carbocycles. The summed E-state index contributed by atoms with van der Waals surface area (Å²) in [5.74, 6) is 0.417. The Bertz CT molecular complexity index is 608. The summed E-state index contributed by atoms with van der Waals surface area (Å²) in [5.41, 5.74) is 1.40. The Hall–Kier alpha value is -2.33. The lowest BCUT2D eigenvalue weighted by Crippen LogP contribution is -2.44. The molecule has 0 radical (unpaired) electrons. The molecule has 25 heavy (non-hydrogen) atoms.